The molecule has 1 aliphatic rings. The summed E-state index contributed by atoms with van der Waals surface area (Å²) in [6.45, 7) is 14.9. The number of nitrogens with one attached hydrogen (secondary N) is 1. The van der Waals surface area contributed by atoms with E-state index in [2.05, 4.69) is 44.8 Å². The van der Waals surface area contributed by atoms with Crippen molar-refractivity contribution in [2.45, 2.75) is 59.8 Å². The maximum atomic E-state index is 12.7. The number of anilines is 1. The van der Waals surface area contributed by atoms with E-state index in [4.69, 9.17) is 9.72 Å². The van der Waals surface area contributed by atoms with Gasteiger partial charge in [-0.1, -0.05) is 46.0 Å². The third kappa shape index (κ3) is 6.26. The zero-order valence-corrected chi connectivity index (χ0v) is 17.2. The molecule has 1 saturated heterocycles. The van der Waals surface area contributed by atoms with Gasteiger partial charge in [0.25, 0.3) is 5.91 Å². The van der Waals surface area contributed by atoms with Crippen molar-refractivity contribution in [3.05, 3.63) is 10.6 Å². The number of hydrogen-bond donors (Lipinski definition) is 1. The van der Waals surface area contributed by atoms with E-state index < -0.39 is 0 Å². The van der Waals surface area contributed by atoms with Gasteiger partial charge in [0.05, 0.1) is 12.3 Å². The maximum Gasteiger partial charge on any atom is 0.263 e. The molecule has 25 heavy (non-hydrogen) atoms. The van der Waals surface area contributed by atoms with Crippen molar-refractivity contribution in [2.75, 3.05) is 37.7 Å². The van der Waals surface area contributed by atoms with Crippen molar-refractivity contribution >= 4 is 22.4 Å². The third-order valence-corrected chi connectivity index (χ3v) is 5.41. The SMILES string of the molecule is CC(C)c1nc(N2CCCOCC2)sc1C(=O)NCCCC(C)(C)C. The zero-order valence-electron chi connectivity index (χ0n) is 16.4. The Balaban J connectivity index is 2.03. The Morgan fingerprint density at radius 3 is 2.76 bits per heavy atom. The van der Waals surface area contributed by atoms with E-state index in [1.165, 1.54) is 11.3 Å². The molecule has 0 saturated carbocycles. The van der Waals surface area contributed by atoms with Gasteiger partial charge in [-0.25, -0.2) is 4.98 Å². The summed E-state index contributed by atoms with van der Waals surface area (Å²) < 4.78 is 5.53. The van der Waals surface area contributed by atoms with Crippen molar-refractivity contribution < 1.29 is 9.53 Å². The van der Waals surface area contributed by atoms with Crippen molar-refractivity contribution in [3.63, 3.8) is 0 Å². The molecule has 1 fully saturated rings. The molecule has 1 amide bonds. The summed E-state index contributed by atoms with van der Waals surface area (Å²) in [5.41, 5.74) is 1.22. The first kappa shape index (κ1) is 20.2. The van der Waals surface area contributed by atoms with Crippen LogP contribution in [0.25, 0.3) is 0 Å². The average molecular weight is 368 g/mol. The molecule has 0 bridgehead atoms. The van der Waals surface area contributed by atoms with Crippen molar-refractivity contribution in [3.8, 4) is 0 Å². The van der Waals surface area contributed by atoms with Gasteiger partial charge in [-0.2, -0.15) is 0 Å². The molecule has 0 unspecified atom stereocenters. The van der Waals surface area contributed by atoms with E-state index in [9.17, 15) is 4.79 Å². The Morgan fingerprint density at radius 2 is 2.08 bits per heavy atom. The van der Waals surface area contributed by atoms with Gasteiger partial charge in [-0.15, -0.1) is 0 Å². The number of hydrogen-bond acceptors (Lipinski definition) is 5. The van der Waals surface area contributed by atoms with Crippen LogP contribution < -0.4 is 10.2 Å². The van der Waals surface area contributed by atoms with Gasteiger partial charge < -0.3 is 15.0 Å². The fourth-order valence-corrected chi connectivity index (χ4v) is 4.04. The Morgan fingerprint density at radius 1 is 1.32 bits per heavy atom. The summed E-state index contributed by atoms with van der Waals surface area (Å²) in [5.74, 6) is 0.260. The smallest absolute Gasteiger partial charge is 0.263 e. The summed E-state index contributed by atoms with van der Waals surface area (Å²) in [6, 6.07) is 0. The van der Waals surface area contributed by atoms with E-state index in [-0.39, 0.29) is 11.8 Å². The molecule has 1 aliphatic heterocycles. The highest BCUT2D eigenvalue weighted by atomic mass is 32.1. The zero-order chi connectivity index (χ0) is 18.4. The molecule has 2 rings (SSSR count). The molecule has 1 aromatic heterocycles. The van der Waals surface area contributed by atoms with Gasteiger partial charge in [0.2, 0.25) is 0 Å². The van der Waals surface area contributed by atoms with Crippen LogP contribution in [0.15, 0.2) is 0 Å². The van der Waals surface area contributed by atoms with Gasteiger partial charge in [0.15, 0.2) is 5.13 Å². The quantitative estimate of drug-likeness (QED) is 0.771. The van der Waals surface area contributed by atoms with Crippen LogP contribution in [0.5, 0.6) is 0 Å². The van der Waals surface area contributed by atoms with Gasteiger partial charge in [-0.05, 0) is 30.6 Å². The second kappa shape index (κ2) is 8.99. The predicted octanol–water partition coefficient (Wildman–Crippen LogP) is 4.05. The van der Waals surface area contributed by atoms with Crippen LogP contribution in [-0.4, -0.2) is 43.7 Å². The Labute approximate surface area is 156 Å². The van der Waals surface area contributed by atoms with Crippen LogP contribution in [0, 0.1) is 5.41 Å². The summed E-state index contributed by atoms with van der Waals surface area (Å²) >= 11 is 1.52. The second-order valence-corrected chi connectivity index (χ2v) is 9.22. The van der Waals surface area contributed by atoms with Crippen LogP contribution in [0.4, 0.5) is 5.13 Å². The van der Waals surface area contributed by atoms with E-state index >= 15 is 0 Å². The molecule has 0 aromatic carbocycles. The molecule has 1 aromatic rings. The number of nitrogens with zero attached hydrogens (tertiary/aromatic N) is 2. The molecule has 142 valence electrons. The van der Waals surface area contributed by atoms with Crippen molar-refractivity contribution in [2.24, 2.45) is 5.41 Å². The lowest BCUT2D eigenvalue weighted by Gasteiger charge is -2.18. The average Bonchev–Trinajstić information content (AvgIpc) is 2.80. The number of rotatable bonds is 6. The summed E-state index contributed by atoms with van der Waals surface area (Å²) in [7, 11) is 0. The predicted molar refractivity (Wildman–Crippen MR) is 105 cm³/mol. The number of carbonyl (C=O) groups excluding carboxylic acids is 1. The summed E-state index contributed by atoms with van der Waals surface area (Å²) in [5, 5.41) is 4.04. The lowest BCUT2D eigenvalue weighted by Crippen LogP contribution is -2.25. The van der Waals surface area contributed by atoms with Crippen LogP contribution >= 0.6 is 11.3 Å². The maximum absolute atomic E-state index is 12.7. The molecule has 5 nitrogen and oxygen atoms in total. The lowest BCUT2D eigenvalue weighted by atomic mass is 9.91. The van der Waals surface area contributed by atoms with Gasteiger partial charge in [-0.3, -0.25) is 4.79 Å². The molecular formula is C19H33N3O2S. The molecule has 0 atom stereocenters. The standard InChI is InChI=1S/C19H33N3O2S/c1-14(2)15-16(17(23)20-9-6-8-19(3,4)5)25-18(21-15)22-10-7-12-24-13-11-22/h14H,6-13H2,1-5H3,(H,20,23). The van der Waals surface area contributed by atoms with Crippen LogP contribution in [-0.2, 0) is 4.74 Å². The number of ether oxygens (including phenoxy) is 1. The van der Waals surface area contributed by atoms with E-state index in [0.717, 1.165) is 67.8 Å². The monoisotopic (exact) mass is 367 g/mol. The molecule has 2 heterocycles. The Hall–Kier alpha value is -1.14. The normalized spacial score (nSPS) is 16.2. The van der Waals surface area contributed by atoms with Gasteiger partial charge in [0, 0.05) is 26.2 Å². The van der Waals surface area contributed by atoms with Crippen LogP contribution in [0.3, 0.4) is 0 Å². The first-order chi connectivity index (χ1) is 11.8. The van der Waals surface area contributed by atoms with Crippen molar-refractivity contribution in [1.29, 1.82) is 0 Å². The molecule has 6 heteroatoms. The summed E-state index contributed by atoms with van der Waals surface area (Å²) in [6.07, 6.45) is 3.11. The van der Waals surface area contributed by atoms with Crippen LogP contribution in [0.2, 0.25) is 0 Å². The highest BCUT2D eigenvalue weighted by Crippen LogP contribution is 2.31. The summed E-state index contributed by atoms with van der Waals surface area (Å²) in [4.78, 5) is 20.5. The largest absolute Gasteiger partial charge is 0.380 e. The first-order valence-electron chi connectivity index (χ1n) is 9.39. The number of carbonyl (C=O) groups is 1. The lowest BCUT2D eigenvalue weighted by molar-refractivity contribution is 0.0954. The number of aromatic nitrogens is 1. The Bertz CT molecular complexity index is 556. The minimum Gasteiger partial charge on any atom is -0.380 e. The van der Waals surface area contributed by atoms with Crippen LogP contribution in [0.1, 0.15) is 75.2 Å². The topological polar surface area (TPSA) is 54.5 Å². The van der Waals surface area contributed by atoms with Crippen molar-refractivity contribution in [1.82, 2.24) is 10.3 Å². The van der Waals surface area contributed by atoms with Gasteiger partial charge >= 0.3 is 0 Å². The highest BCUT2D eigenvalue weighted by molar-refractivity contribution is 7.17. The fourth-order valence-electron chi connectivity index (χ4n) is 2.85. The van der Waals surface area contributed by atoms with E-state index in [0.29, 0.717) is 5.41 Å². The second-order valence-electron chi connectivity index (χ2n) is 8.24. The minimum atomic E-state index is 0.0208. The number of amides is 1. The van der Waals surface area contributed by atoms with E-state index in [1.54, 1.807) is 0 Å². The third-order valence-electron chi connectivity index (χ3n) is 4.28. The molecule has 0 spiro atoms. The molecule has 0 radical (unpaired) electrons. The Kier molecular flexibility index (Phi) is 7.25. The molecule has 1 N–H and O–H groups in total. The molecule has 0 aliphatic carbocycles. The minimum absolute atomic E-state index is 0.0208. The number of thiazole rings is 1. The van der Waals surface area contributed by atoms with E-state index in [1.807, 2.05) is 0 Å². The fraction of sp³-hybridized carbons (Fsp3) is 0.789. The first-order valence-corrected chi connectivity index (χ1v) is 10.2. The van der Waals surface area contributed by atoms with Gasteiger partial charge in [0.1, 0.15) is 4.88 Å². The highest BCUT2D eigenvalue weighted by Gasteiger charge is 2.23. The molecular weight excluding hydrogens is 334 g/mol.